The first-order chi connectivity index (χ1) is 6.72. The lowest BCUT2D eigenvalue weighted by atomic mass is 10.3. The summed E-state index contributed by atoms with van der Waals surface area (Å²) in [5.41, 5.74) is 1.11. The lowest BCUT2D eigenvalue weighted by Crippen LogP contribution is -2.31. The Morgan fingerprint density at radius 1 is 1.64 bits per heavy atom. The largest absolute Gasteiger partial charge is 0.472 e. The Balaban J connectivity index is 2.25. The summed E-state index contributed by atoms with van der Waals surface area (Å²) in [5, 5.41) is 9.46. The molecule has 4 nitrogen and oxygen atoms in total. The molecule has 0 aliphatic heterocycles. The summed E-state index contributed by atoms with van der Waals surface area (Å²) < 4.78 is 9.80. The highest BCUT2D eigenvalue weighted by Crippen LogP contribution is 2.04. The topological polar surface area (TPSA) is 45.8 Å². The maximum Gasteiger partial charge on any atom is 0.0947 e. The standard InChI is InChI=1S/C10H17NO3/c1-11(6-10(12)8-13-2)5-9-3-4-14-7-9/h3-4,7,10,12H,5-6,8H2,1-2H3. The van der Waals surface area contributed by atoms with Crippen LogP contribution in [0.5, 0.6) is 0 Å². The van der Waals surface area contributed by atoms with Crippen molar-refractivity contribution in [2.45, 2.75) is 12.6 Å². The van der Waals surface area contributed by atoms with E-state index in [4.69, 9.17) is 9.15 Å². The summed E-state index contributed by atoms with van der Waals surface area (Å²) in [6, 6.07) is 1.92. The number of methoxy groups -OCH3 is 1. The summed E-state index contributed by atoms with van der Waals surface area (Å²) in [5.74, 6) is 0. The molecule has 1 N–H and O–H groups in total. The number of aliphatic hydroxyl groups excluding tert-OH is 1. The fraction of sp³-hybridized carbons (Fsp3) is 0.600. The fourth-order valence-electron chi connectivity index (χ4n) is 1.36. The molecule has 0 amide bonds. The maximum absolute atomic E-state index is 9.46. The Morgan fingerprint density at radius 2 is 2.43 bits per heavy atom. The third-order valence-electron chi connectivity index (χ3n) is 1.91. The van der Waals surface area contributed by atoms with Gasteiger partial charge in [0.1, 0.15) is 0 Å². The van der Waals surface area contributed by atoms with E-state index in [9.17, 15) is 5.11 Å². The number of hydrogen-bond donors (Lipinski definition) is 1. The third kappa shape index (κ3) is 3.91. The van der Waals surface area contributed by atoms with Crippen LogP contribution in [0, 0.1) is 0 Å². The predicted molar refractivity (Wildman–Crippen MR) is 52.9 cm³/mol. The van der Waals surface area contributed by atoms with E-state index in [1.165, 1.54) is 0 Å². The molecular weight excluding hydrogens is 182 g/mol. The van der Waals surface area contributed by atoms with Crippen LogP contribution in [-0.4, -0.2) is 43.4 Å². The molecule has 4 heteroatoms. The van der Waals surface area contributed by atoms with Gasteiger partial charge in [-0.05, 0) is 13.1 Å². The average molecular weight is 199 g/mol. The number of nitrogens with zero attached hydrogens (tertiary/aromatic N) is 1. The molecule has 0 aliphatic carbocycles. The van der Waals surface area contributed by atoms with Crippen molar-refractivity contribution in [3.8, 4) is 0 Å². The van der Waals surface area contributed by atoms with Gasteiger partial charge in [-0.2, -0.15) is 0 Å². The zero-order chi connectivity index (χ0) is 10.4. The normalized spacial score (nSPS) is 13.4. The molecule has 0 saturated heterocycles. The molecule has 0 saturated carbocycles. The van der Waals surface area contributed by atoms with Crippen molar-refractivity contribution < 1.29 is 14.3 Å². The molecule has 0 radical (unpaired) electrons. The zero-order valence-electron chi connectivity index (χ0n) is 8.64. The molecular formula is C10H17NO3. The minimum absolute atomic E-state index is 0.371. The van der Waals surface area contributed by atoms with Crippen LogP contribution in [0.15, 0.2) is 23.0 Å². The molecule has 1 aromatic heterocycles. The van der Waals surface area contributed by atoms with E-state index in [-0.39, 0.29) is 0 Å². The molecule has 0 fully saturated rings. The number of likely N-dealkylation sites (N-methyl/N-ethyl adjacent to an activating group) is 1. The number of rotatable bonds is 6. The second kappa shape index (κ2) is 5.80. The summed E-state index contributed by atoms with van der Waals surface area (Å²) in [6.45, 7) is 1.74. The number of ether oxygens (including phenoxy) is 1. The van der Waals surface area contributed by atoms with Gasteiger partial charge in [-0.25, -0.2) is 0 Å². The van der Waals surface area contributed by atoms with E-state index in [1.54, 1.807) is 19.6 Å². The summed E-state index contributed by atoms with van der Waals surface area (Å²) in [4.78, 5) is 2.02. The van der Waals surface area contributed by atoms with Crippen molar-refractivity contribution in [2.24, 2.45) is 0 Å². The highest BCUT2D eigenvalue weighted by Gasteiger charge is 2.08. The SMILES string of the molecule is COCC(O)CN(C)Cc1ccoc1. The second-order valence-corrected chi connectivity index (χ2v) is 3.44. The van der Waals surface area contributed by atoms with Gasteiger partial charge in [-0.15, -0.1) is 0 Å². The van der Waals surface area contributed by atoms with Gasteiger partial charge in [0.05, 0.1) is 25.2 Å². The summed E-state index contributed by atoms with van der Waals surface area (Å²) >= 11 is 0. The smallest absolute Gasteiger partial charge is 0.0947 e. The van der Waals surface area contributed by atoms with Crippen LogP contribution in [0.2, 0.25) is 0 Å². The first-order valence-electron chi connectivity index (χ1n) is 4.59. The van der Waals surface area contributed by atoms with Crippen LogP contribution >= 0.6 is 0 Å². The molecule has 1 unspecified atom stereocenters. The molecule has 1 rings (SSSR count). The fourth-order valence-corrected chi connectivity index (χ4v) is 1.36. The van der Waals surface area contributed by atoms with E-state index in [2.05, 4.69) is 0 Å². The molecule has 0 bridgehead atoms. The lowest BCUT2D eigenvalue weighted by molar-refractivity contribution is 0.0418. The van der Waals surface area contributed by atoms with Crippen LogP contribution in [0.4, 0.5) is 0 Å². The lowest BCUT2D eigenvalue weighted by Gasteiger charge is -2.19. The van der Waals surface area contributed by atoms with Gasteiger partial charge in [0.15, 0.2) is 0 Å². The van der Waals surface area contributed by atoms with E-state index >= 15 is 0 Å². The number of furan rings is 1. The molecule has 0 aliphatic rings. The molecule has 1 atom stereocenters. The van der Waals surface area contributed by atoms with Crippen molar-refractivity contribution in [2.75, 3.05) is 27.3 Å². The zero-order valence-corrected chi connectivity index (χ0v) is 8.64. The van der Waals surface area contributed by atoms with E-state index < -0.39 is 6.10 Å². The Hall–Kier alpha value is -0.840. The predicted octanol–water partition coefficient (Wildman–Crippen LogP) is 0.719. The van der Waals surface area contributed by atoms with Crippen molar-refractivity contribution in [3.05, 3.63) is 24.2 Å². The molecule has 0 spiro atoms. The highest BCUT2D eigenvalue weighted by molar-refractivity contribution is 5.04. The Kier molecular flexibility index (Phi) is 4.65. The highest BCUT2D eigenvalue weighted by atomic mass is 16.5. The van der Waals surface area contributed by atoms with Gasteiger partial charge in [0, 0.05) is 25.8 Å². The van der Waals surface area contributed by atoms with Crippen molar-refractivity contribution in [3.63, 3.8) is 0 Å². The van der Waals surface area contributed by atoms with Gasteiger partial charge in [0.25, 0.3) is 0 Å². The van der Waals surface area contributed by atoms with Gasteiger partial charge in [0.2, 0.25) is 0 Å². The van der Waals surface area contributed by atoms with Gasteiger partial charge >= 0.3 is 0 Å². The van der Waals surface area contributed by atoms with E-state index in [0.717, 1.165) is 12.1 Å². The monoisotopic (exact) mass is 199 g/mol. The van der Waals surface area contributed by atoms with Crippen molar-refractivity contribution in [1.82, 2.24) is 4.90 Å². The van der Waals surface area contributed by atoms with Gasteiger partial charge in [-0.3, -0.25) is 4.90 Å². The maximum atomic E-state index is 9.46. The third-order valence-corrected chi connectivity index (χ3v) is 1.91. The summed E-state index contributed by atoms with van der Waals surface area (Å²) in [6.07, 6.45) is 2.92. The van der Waals surface area contributed by atoms with Crippen LogP contribution in [-0.2, 0) is 11.3 Å². The molecule has 1 aromatic rings. The van der Waals surface area contributed by atoms with Gasteiger partial charge < -0.3 is 14.3 Å². The van der Waals surface area contributed by atoms with Crippen LogP contribution in [0.25, 0.3) is 0 Å². The number of aliphatic hydroxyl groups is 1. The number of hydrogen-bond acceptors (Lipinski definition) is 4. The molecule has 14 heavy (non-hydrogen) atoms. The molecule has 80 valence electrons. The van der Waals surface area contributed by atoms with Gasteiger partial charge in [-0.1, -0.05) is 0 Å². The first-order valence-corrected chi connectivity index (χ1v) is 4.59. The van der Waals surface area contributed by atoms with E-state index in [0.29, 0.717) is 13.2 Å². The van der Waals surface area contributed by atoms with Crippen molar-refractivity contribution in [1.29, 1.82) is 0 Å². The average Bonchev–Trinajstić information content (AvgIpc) is 2.56. The Labute approximate surface area is 84.1 Å². The molecule has 0 aromatic carbocycles. The van der Waals surface area contributed by atoms with E-state index in [1.807, 2.05) is 18.0 Å². The quantitative estimate of drug-likeness (QED) is 0.733. The van der Waals surface area contributed by atoms with Crippen molar-refractivity contribution >= 4 is 0 Å². The second-order valence-electron chi connectivity index (χ2n) is 3.44. The Bertz CT molecular complexity index is 236. The minimum atomic E-state index is -0.433. The first kappa shape index (κ1) is 11.2. The molecule has 1 heterocycles. The minimum Gasteiger partial charge on any atom is -0.472 e. The van der Waals surface area contributed by atoms with Crippen LogP contribution < -0.4 is 0 Å². The van der Waals surface area contributed by atoms with Crippen LogP contribution in [0.1, 0.15) is 5.56 Å². The Morgan fingerprint density at radius 3 is 3.00 bits per heavy atom. The van der Waals surface area contributed by atoms with Crippen LogP contribution in [0.3, 0.4) is 0 Å². The summed E-state index contributed by atoms with van der Waals surface area (Å²) in [7, 11) is 3.53.